The van der Waals surface area contributed by atoms with E-state index in [4.69, 9.17) is 5.11 Å². The van der Waals surface area contributed by atoms with Gasteiger partial charge in [0.1, 0.15) is 5.37 Å². The number of carboxylic acid groups (broad SMARTS) is 1. The maximum Gasteiger partial charge on any atom is 0.405 e. The van der Waals surface area contributed by atoms with Gasteiger partial charge in [0.15, 0.2) is 0 Å². The second-order valence-corrected chi connectivity index (χ2v) is 3.71. The lowest BCUT2D eigenvalue weighted by Gasteiger charge is -2.03. The van der Waals surface area contributed by atoms with Gasteiger partial charge < -0.3 is 10.4 Å². The molecule has 1 heterocycles. The molecule has 0 radical (unpaired) electrons. The third kappa shape index (κ3) is 2.19. The Balaban J connectivity index is 2.28. The molecule has 1 unspecified atom stereocenters. The summed E-state index contributed by atoms with van der Waals surface area (Å²) in [6, 6.07) is 0. The molecule has 1 rings (SSSR count). The van der Waals surface area contributed by atoms with Crippen molar-refractivity contribution in [2.24, 2.45) is 0 Å². The number of hydrogen-bond donors (Lipinski definition) is 2. The highest BCUT2D eigenvalue weighted by molar-refractivity contribution is 8.78. The van der Waals surface area contributed by atoms with Gasteiger partial charge in [0, 0.05) is 0 Å². The lowest BCUT2D eigenvalue weighted by molar-refractivity contribution is 0.195. The molecule has 0 fully saturated rings. The van der Waals surface area contributed by atoms with Crippen LogP contribution < -0.4 is 5.32 Å². The molecule has 0 aromatic rings. The average Bonchev–Trinajstić information content (AvgIpc) is 2.15. The molecule has 9 heavy (non-hydrogen) atoms. The number of rotatable bonds is 1. The molecule has 1 aliphatic rings. The van der Waals surface area contributed by atoms with Crippen molar-refractivity contribution in [1.29, 1.82) is 0 Å². The molecular formula is C4H5NO2S2. The molecular weight excluding hydrogens is 158 g/mol. The standard InChI is InChI=1S/C4H5NO2S2/c6-4(7)5-3-1-2-8-9-3/h1-3,5H,(H,6,7). The van der Waals surface area contributed by atoms with Crippen LogP contribution in [-0.2, 0) is 0 Å². The SMILES string of the molecule is O=C(O)NC1C=CSS1. The Hall–Kier alpha value is -0.290. The van der Waals surface area contributed by atoms with Crippen molar-refractivity contribution >= 4 is 27.7 Å². The zero-order valence-electron chi connectivity index (χ0n) is 4.40. The Morgan fingerprint density at radius 1 is 1.78 bits per heavy atom. The minimum Gasteiger partial charge on any atom is -0.465 e. The van der Waals surface area contributed by atoms with Gasteiger partial charge in [-0.25, -0.2) is 4.79 Å². The summed E-state index contributed by atoms with van der Waals surface area (Å²) in [6.45, 7) is 0. The fourth-order valence-electron chi connectivity index (χ4n) is 0.421. The molecule has 0 saturated heterocycles. The fourth-order valence-corrected chi connectivity index (χ4v) is 2.30. The minimum absolute atomic E-state index is 0.0625. The van der Waals surface area contributed by atoms with Crippen molar-refractivity contribution in [3.05, 3.63) is 11.5 Å². The smallest absolute Gasteiger partial charge is 0.405 e. The van der Waals surface area contributed by atoms with Gasteiger partial charge in [-0.3, -0.25) is 0 Å². The van der Waals surface area contributed by atoms with E-state index in [1.54, 1.807) is 0 Å². The van der Waals surface area contributed by atoms with Gasteiger partial charge in [0.05, 0.1) is 0 Å². The first-order chi connectivity index (χ1) is 4.29. The highest BCUT2D eigenvalue weighted by Crippen LogP contribution is 2.33. The van der Waals surface area contributed by atoms with E-state index < -0.39 is 6.09 Å². The quantitative estimate of drug-likeness (QED) is 0.575. The molecule has 0 bridgehead atoms. The monoisotopic (exact) mass is 163 g/mol. The van der Waals surface area contributed by atoms with Crippen LogP contribution in [0.1, 0.15) is 0 Å². The molecule has 0 aromatic carbocycles. The predicted molar refractivity (Wildman–Crippen MR) is 39.3 cm³/mol. The lowest BCUT2D eigenvalue weighted by atomic mass is 10.6. The van der Waals surface area contributed by atoms with Gasteiger partial charge in [0.2, 0.25) is 0 Å². The van der Waals surface area contributed by atoms with Crippen molar-refractivity contribution in [2.45, 2.75) is 5.37 Å². The summed E-state index contributed by atoms with van der Waals surface area (Å²) in [5.41, 5.74) is 0. The van der Waals surface area contributed by atoms with E-state index in [2.05, 4.69) is 5.32 Å². The van der Waals surface area contributed by atoms with Crippen LogP contribution in [0.2, 0.25) is 0 Å². The van der Waals surface area contributed by atoms with Gasteiger partial charge in [0.25, 0.3) is 0 Å². The predicted octanol–water partition coefficient (Wildman–Crippen LogP) is 1.49. The van der Waals surface area contributed by atoms with E-state index in [-0.39, 0.29) is 5.37 Å². The maximum atomic E-state index is 9.99. The zero-order chi connectivity index (χ0) is 6.69. The van der Waals surface area contributed by atoms with Crippen LogP contribution in [0.3, 0.4) is 0 Å². The van der Waals surface area contributed by atoms with E-state index in [0.717, 1.165) is 0 Å². The first kappa shape index (κ1) is 6.82. The second-order valence-electron chi connectivity index (χ2n) is 1.39. The molecule has 0 aromatic heterocycles. The Kier molecular flexibility index (Phi) is 2.29. The molecule has 0 aliphatic carbocycles. The van der Waals surface area contributed by atoms with Gasteiger partial charge in [-0.05, 0) is 11.5 Å². The minimum atomic E-state index is -0.973. The summed E-state index contributed by atoms with van der Waals surface area (Å²) in [6.07, 6.45) is 0.836. The van der Waals surface area contributed by atoms with Gasteiger partial charge in [-0.15, -0.1) is 0 Å². The van der Waals surface area contributed by atoms with Crippen molar-refractivity contribution in [3.63, 3.8) is 0 Å². The van der Waals surface area contributed by atoms with Gasteiger partial charge >= 0.3 is 6.09 Å². The van der Waals surface area contributed by atoms with Crippen molar-refractivity contribution < 1.29 is 9.90 Å². The Labute approximate surface area is 60.3 Å². The molecule has 1 amide bonds. The van der Waals surface area contributed by atoms with Crippen LogP contribution in [-0.4, -0.2) is 16.6 Å². The van der Waals surface area contributed by atoms with Crippen LogP contribution in [0, 0.1) is 0 Å². The number of amides is 1. The highest BCUT2D eigenvalue weighted by Gasteiger charge is 2.11. The third-order valence-corrected chi connectivity index (χ3v) is 2.88. The molecule has 2 N–H and O–H groups in total. The Bertz CT molecular complexity index is 148. The number of carbonyl (C=O) groups is 1. The first-order valence-electron chi connectivity index (χ1n) is 2.27. The van der Waals surface area contributed by atoms with E-state index in [0.29, 0.717) is 0 Å². The van der Waals surface area contributed by atoms with Crippen LogP contribution in [0.4, 0.5) is 4.79 Å². The van der Waals surface area contributed by atoms with E-state index in [1.807, 2.05) is 11.5 Å². The largest absolute Gasteiger partial charge is 0.465 e. The van der Waals surface area contributed by atoms with Crippen LogP contribution in [0.15, 0.2) is 11.5 Å². The highest BCUT2D eigenvalue weighted by atomic mass is 33.1. The second kappa shape index (κ2) is 3.03. The third-order valence-electron chi connectivity index (χ3n) is 0.734. The molecule has 1 aliphatic heterocycles. The molecule has 0 saturated carbocycles. The Morgan fingerprint density at radius 2 is 2.56 bits per heavy atom. The zero-order valence-corrected chi connectivity index (χ0v) is 6.04. The fraction of sp³-hybridized carbons (Fsp3) is 0.250. The molecule has 3 nitrogen and oxygen atoms in total. The summed E-state index contributed by atoms with van der Waals surface area (Å²) in [5, 5.41) is 12.3. The molecule has 5 heteroatoms. The summed E-state index contributed by atoms with van der Waals surface area (Å²) >= 11 is 0. The van der Waals surface area contributed by atoms with Crippen molar-refractivity contribution in [2.75, 3.05) is 0 Å². The summed E-state index contributed by atoms with van der Waals surface area (Å²) in [5.74, 6) is 0. The van der Waals surface area contributed by atoms with Gasteiger partial charge in [-0.2, -0.15) is 0 Å². The first-order valence-corrected chi connectivity index (χ1v) is 4.55. The topological polar surface area (TPSA) is 49.3 Å². The van der Waals surface area contributed by atoms with Crippen molar-refractivity contribution in [3.8, 4) is 0 Å². The number of hydrogen-bond acceptors (Lipinski definition) is 3. The van der Waals surface area contributed by atoms with Crippen LogP contribution >= 0.6 is 21.6 Å². The van der Waals surface area contributed by atoms with Crippen LogP contribution in [0.25, 0.3) is 0 Å². The van der Waals surface area contributed by atoms with E-state index >= 15 is 0 Å². The molecule has 0 spiro atoms. The average molecular weight is 163 g/mol. The summed E-state index contributed by atoms with van der Waals surface area (Å²) in [7, 11) is 3.02. The Morgan fingerprint density at radius 3 is 3.00 bits per heavy atom. The summed E-state index contributed by atoms with van der Waals surface area (Å²) in [4.78, 5) is 9.99. The molecule has 50 valence electrons. The summed E-state index contributed by atoms with van der Waals surface area (Å²) < 4.78 is 0. The van der Waals surface area contributed by atoms with Gasteiger partial charge in [-0.1, -0.05) is 21.6 Å². The van der Waals surface area contributed by atoms with E-state index in [9.17, 15) is 4.79 Å². The lowest BCUT2D eigenvalue weighted by Crippen LogP contribution is -2.27. The molecule has 1 atom stereocenters. The van der Waals surface area contributed by atoms with Crippen molar-refractivity contribution in [1.82, 2.24) is 5.32 Å². The van der Waals surface area contributed by atoms with Crippen LogP contribution in [0.5, 0.6) is 0 Å². The number of nitrogens with one attached hydrogen (secondary N) is 1. The van der Waals surface area contributed by atoms with E-state index in [1.165, 1.54) is 21.6 Å². The maximum absolute atomic E-state index is 9.99. The normalized spacial score (nSPS) is 24.2.